The maximum Gasteiger partial charge on any atom is 0.270 e. The van der Waals surface area contributed by atoms with E-state index in [9.17, 15) is 19.7 Å². The first-order valence-corrected chi connectivity index (χ1v) is 6.92. The molecule has 23 heavy (non-hydrogen) atoms. The molecule has 0 bridgehead atoms. The molecule has 9 heteroatoms. The predicted octanol–water partition coefficient (Wildman–Crippen LogP) is 0.457. The van der Waals surface area contributed by atoms with Crippen LogP contribution in [0.4, 0.5) is 5.69 Å². The lowest BCUT2D eigenvalue weighted by Gasteiger charge is -2.07. The number of carbonyl (C=O) groups is 1. The van der Waals surface area contributed by atoms with Gasteiger partial charge in [0.05, 0.1) is 22.2 Å². The van der Waals surface area contributed by atoms with Gasteiger partial charge in [0.1, 0.15) is 6.54 Å². The average Bonchev–Trinajstić information content (AvgIpc) is 2.54. The molecule has 0 aliphatic rings. The fourth-order valence-corrected chi connectivity index (χ4v) is 2.03. The highest BCUT2D eigenvalue weighted by Gasteiger charge is 2.12. The minimum atomic E-state index is -0.585. The molecule has 1 N–H and O–H groups in total. The van der Waals surface area contributed by atoms with Gasteiger partial charge in [0.25, 0.3) is 11.2 Å². The van der Waals surface area contributed by atoms with E-state index >= 15 is 0 Å². The van der Waals surface area contributed by atoms with E-state index in [4.69, 9.17) is 4.74 Å². The molecule has 1 aromatic carbocycles. The van der Waals surface area contributed by atoms with Gasteiger partial charge in [-0.1, -0.05) is 0 Å². The molecule has 1 aromatic heterocycles. The minimum absolute atomic E-state index is 0.105. The van der Waals surface area contributed by atoms with Crippen LogP contribution in [0.1, 0.15) is 6.42 Å². The van der Waals surface area contributed by atoms with Crippen molar-refractivity contribution in [2.45, 2.75) is 13.0 Å². The van der Waals surface area contributed by atoms with Gasteiger partial charge in [-0.05, 0) is 12.5 Å². The van der Waals surface area contributed by atoms with Gasteiger partial charge in [0, 0.05) is 32.4 Å². The number of hydrogen-bond donors (Lipinski definition) is 1. The number of carbonyl (C=O) groups excluding carboxylic acids is 1. The van der Waals surface area contributed by atoms with Gasteiger partial charge in [0.2, 0.25) is 5.91 Å². The smallest absolute Gasteiger partial charge is 0.270 e. The normalized spacial score (nSPS) is 10.7. The van der Waals surface area contributed by atoms with Crippen molar-refractivity contribution in [2.75, 3.05) is 20.3 Å². The van der Waals surface area contributed by atoms with E-state index in [1.807, 2.05) is 0 Å². The second kappa shape index (κ2) is 7.45. The topological polar surface area (TPSA) is 116 Å². The molecule has 2 rings (SSSR count). The monoisotopic (exact) mass is 320 g/mol. The average molecular weight is 320 g/mol. The number of methoxy groups -OCH3 is 1. The zero-order valence-corrected chi connectivity index (χ0v) is 12.5. The summed E-state index contributed by atoms with van der Waals surface area (Å²) in [6.45, 7) is 0.771. The molecule has 9 nitrogen and oxygen atoms in total. The molecule has 0 aliphatic carbocycles. The number of non-ortho nitro benzene ring substituents is 1. The van der Waals surface area contributed by atoms with Crippen molar-refractivity contribution in [1.29, 1.82) is 0 Å². The van der Waals surface area contributed by atoms with Gasteiger partial charge >= 0.3 is 0 Å². The van der Waals surface area contributed by atoms with Crippen LogP contribution in [0.2, 0.25) is 0 Å². The number of nitrogens with zero attached hydrogens (tertiary/aromatic N) is 3. The largest absolute Gasteiger partial charge is 0.385 e. The molecule has 1 heterocycles. The summed E-state index contributed by atoms with van der Waals surface area (Å²) >= 11 is 0. The first kappa shape index (κ1) is 16.6. The molecule has 0 spiro atoms. The number of benzene rings is 1. The fourth-order valence-electron chi connectivity index (χ4n) is 2.03. The van der Waals surface area contributed by atoms with Crippen molar-refractivity contribution in [1.82, 2.24) is 14.9 Å². The lowest BCUT2D eigenvalue weighted by molar-refractivity contribution is -0.384. The van der Waals surface area contributed by atoms with Crippen molar-refractivity contribution < 1.29 is 14.5 Å². The Balaban J connectivity index is 2.18. The van der Waals surface area contributed by atoms with Gasteiger partial charge in [-0.3, -0.25) is 24.3 Å². The first-order valence-electron chi connectivity index (χ1n) is 6.92. The summed E-state index contributed by atoms with van der Waals surface area (Å²) in [7, 11) is 1.57. The van der Waals surface area contributed by atoms with Crippen molar-refractivity contribution in [2.24, 2.45) is 0 Å². The first-order chi connectivity index (χ1) is 11.0. The molecule has 122 valence electrons. The summed E-state index contributed by atoms with van der Waals surface area (Å²) in [6.07, 6.45) is 1.92. The molecule has 0 saturated heterocycles. The number of ether oxygens (including phenoxy) is 1. The zero-order chi connectivity index (χ0) is 16.8. The van der Waals surface area contributed by atoms with Crippen LogP contribution < -0.4 is 10.9 Å². The van der Waals surface area contributed by atoms with Crippen molar-refractivity contribution in [3.05, 3.63) is 45.0 Å². The Labute approximate surface area is 131 Å². The predicted molar refractivity (Wildman–Crippen MR) is 82.2 cm³/mol. The van der Waals surface area contributed by atoms with E-state index in [-0.39, 0.29) is 23.5 Å². The van der Waals surface area contributed by atoms with E-state index in [1.54, 1.807) is 7.11 Å². The van der Waals surface area contributed by atoms with Crippen LogP contribution >= 0.6 is 0 Å². The quantitative estimate of drug-likeness (QED) is 0.450. The van der Waals surface area contributed by atoms with E-state index in [1.165, 1.54) is 18.5 Å². The summed E-state index contributed by atoms with van der Waals surface area (Å²) in [5.74, 6) is -0.338. The van der Waals surface area contributed by atoms with Gasteiger partial charge in [-0.25, -0.2) is 4.98 Å². The highest BCUT2D eigenvalue weighted by atomic mass is 16.6. The number of aromatic nitrogens is 2. The third-order valence-electron chi connectivity index (χ3n) is 3.18. The summed E-state index contributed by atoms with van der Waals surface area (Å²) in [5, 5.41) is 13.6. The lowest BCUT2D eigenvalue weighted by Crippen LogP contribution is -2.33. The number of nitrogens with one attached hydrogen (secondary N) is 1. The van der Waals surface area contributed by atoms with Gasteiger partial charge in [0.15, 0.2) is 0 Å². The van der Waals surface area contributed by atoms with Crippen LogP contribution in [0, 0.1) is 10.1 Å². The number of rotatable bonds is 7. The Hall–Kier alpha value is -2.81. The Morgan fingerprint density at radius 1 is 1.48 bits per heavy atom. The SMILES string of the molecule is COCCCNC(=O)Cn1cnc2ccc([N+](=O)[O-])cc2c1=O. The third-order valence-corrected chi connectivity index (χ3v) is 3.18. The van der Waals surface area contributed by atoms with Gasteiger partial charge < -0.3 is 10.1 Å². The van der Waals surface area contributed by atoms with E-state index in [0.717, 1.165) is 10.6 Å². The number of nitro groups is 1. The maximum atomic E-state index is 12.3. The van der Waals surface area contributed by atoms with Crippen LogP contribution in [0.15, 0.2) is 29.3 Å². The van der Waals surface area contributed by atoms with Crippen LogP contribution in [-0.4, -0.2) is 40.6 Å². The molecule has 0 unspecified atom stereocenters. The lowest BCUT2D eigenvalue weighted by atomic mass is 10.2. The third kappa shape index (κ3) is 4.10. The van der Waals surface area contributed by atoms with Crippen LogP contribution in [0.3, 0.4) is 0 Å². The van der Waals surface area contributed by atoms with E-state index < -0.39 is 10.5 Å². The minimum Gasteiger partial charge on any atom is -0.385 e. The van der Waals surface area contributed by atoms with Gasteiger partial charge in [-0.2, -0.15) is 0 Å². The highest BCUT2D eigenvalue weighted by Crippen LogP contribution is 2.16. The second-order valence-electron chi connectivity index (χ2n) is 4.83. The van der Waals surface area contributed by atoms with Crippen LogP contribution in [-0.2, 0) is 16.1 Å². The molecule has 1 amide bonds. The molecule has 0 aliphatic heterocycles. The molecule has 0 saturated carbocycles. The summed E-state index contributed by atoms with van der Waals surface area (Å²) in [6, 6.07) is 3.85. The van der Waals surface area contributed by atoms with Crippen molar-refractivity contribution >= 4 is 22.5 Å². The van der Waals surface area contributed by atoms with E-state index in [0.29, 0.717) is 25.1 Å². The Kier molecular flexibility index (Phi) is 5.36. The molecule has 0 atom stereocenters. The number of nitro benzene ring substituents is 1. The summed E-state index contributed by atoms with van der Waals surface area (Å²) in [4.78, 5) is 38.4. The van der Waals surface area contributed by atoms with Crippen LogP contribution in [0.25, 0.3) is 10.9 Å². The summed E-state index contributed by atoms with van der Waals surface area (Å²) in [5.41, 5.74) is -0.346. The molecule has 2 aromatic rings. The fraction of sp³-hybridized carbons (Fsp3) is 0.357. The molecule has 0 fully saturated rings. The Bertz CT molecular complexity index is 786. The zero-order valence-electron chi connectivity index (χ0n) is 12.5. The standard InChI is InChI=1S/C14H16N4O5/c1-23-6-2-5-15-13(19)8-17-9-16-12-4-3-10(18(21)22)7-11(12)14(17)20/h3-4,7,9H,2,5-6,8H2,1H3,(H,15,19). The van der Waals surface area contributed by atoms with E-state index in [2.05, 4.69) is 10.3 Å². The summed E-state index contributed by atoms with van der Waals surface area (Å²) < 4.78 is 5.99. The molecular weight excluding hydrogens is 304 g/mol. The van der Waals surface area contributed by atoms with Gasteiger partial charge in [-0.15, -0.1) is 0 Å². The Morgan fingerprint density at radius 3 is 2.96 bits per heavy atom. The number of hydrogen-bond acceptors (Lipinski definition) is 6. The number of fused-ring (bicyclic) bond motifs is 1. The highest BCUT2D eigenvalue weighted by molar-refractivity contribution is 5.80. The van der Waals surface area contributed by atoms with Crippen LogP contribution in [0.5, 0.6) is 0 Å². The maximum absolute atomic E-state index is 12.3. The Morgan fingerprint density at radius 2 is 2.26 bits per heavy atom. The van der Waals surface area contributed by atoms with Crippen molar-refractivity contribution in [3.8, 4) is 0 Å². The molecule has 0 radical (unpaired) electrons. The second-order valence-corrected chi connectivity index (χ2v) is 4.83. The number of amides is 1. The molecular formula is C14H16N4O5. The van der Waals surface area contributed by atoms with Crippen molar-refractivity contribution in [3.63, 3.8) is 0 Å².